The molecule has 3 nitrogen and oxygen atoms in total. The van der Waals surface area contributed by atoms with E-state index in [2.05, 4.69) is 11.9 Å². The molecule has 3 heteroatoms. The van der Waals surface area contributed by atoms with Gasteiger partial charge in [0, 0.05) is 31.6 Å². The molecule has 1 saturated carbocycles. The summed E-state index contributed by atoms with van der Waals surface area (Å²) in [5, 5.41) is 0. The maximum Gasteiger partial charge on any atom is 0.227 e. The first-order valence-electron chi connectivity index (χ1n) is 6.19. The van der Waals surface area contributed by atoms with Crippen molar-refractivity contribution in [3.63, 3.8) is 0 Å². The van der Waals surface area contributed by atoms with E-state index in [1.807, 2.05) is 32.7 Å². The Balaban J connectivity index is 1.86. The third-order valence-electron chi connectivity index (χ3n) is 4.06. The van der Waals surface area contributed by atoms with E-state index >= 15 is 0 Å². The molecule has 0 aromatic heterocycles. The Bertz CT molecular complexity index is 292. The fraction of sp³-hybridized carbons (Fsp3) is 0.923. The highest BCUT2D eigenvalue weighted by Crippen LogP contribution is 2.49. The molecule has 16 heavy (non-hydrogen) atoms. The SMILES string of the molecule is CN1CC2(CC(N(C)C(=O)C(C)(C)C)C2)C1. The second-order valence-corrected chi connectivity index (χ2v) is 6.90. The summed E-state index contributed by atoms with van der Waals surface area (Å²) in [4.78, 5) is 16.4. The van der Waals surface area contributed by atoms with Gasteiger partial charge in [-0.05, 0) is 25.3 Å². The van der Waals surface area contributed by atoms with Crippen molar-refractivity contribution in [3.05, 3.63) is 0 Å². The van der Waals surface area contributed by atoms with Crippen molar-refractivity contribution >= 4 is 5.91 Å². The molecule has 0 N–H and O–H groups in total. The van der Waals surface area contributed by atoms with Crippen molar-refractivity contribution in [2.45, 2.75) is 39.7 Å². The van der Waals surface area contributed by atoms with Gasteiger partial charge in [0.05, 0.1) is 0 Å². The molecular formula is C13H24N2O. The number of likely N-dealkylation sites (tertiary alicyclic amines) is 1. The molecule has 1 saturated heterocycles. The van der Waals surface area contributed by atoms with Gasteiger partial charge in [0.25, 0.3) is 0 Å². The van der Waals surface area contributed by atoms with E-state index in [0.717, 1.165) is 0 Å². The van der Waals surface area contributed by atoms with Gasteiger partial charge >= 0.3 is 0 Å². The normalized spacial score (nSPS) is 25.1. The van der Waals surface area contributed by atoms with Crippen molar-refractivity contribution in [2.75, 3.05) is 27.2 Å². The number of rotatable bonds is 1. The van der Waals surface area contributed by atoms with E-state index in [0.29, 0.717) is 11.5 Å². The summed E-state index contributed by atoms with van der Waals surface area (Å²) in [6, 6.07) is 0.487. The Labute approximate surface area is 98.8 Å². The van der Waals surface area contributed by atoms with Crippen molar-refractivity contribution in [1.29, 1.82) is 0 Å². The number of amides is 1. The van der Waals surface area contributed by atoms with Crippen molar-refractivity contribution in [2.24, 2.45) is 10.8 Å². The van der Waals surface area contributed by atoms with Crippen molar-refractivity contribution in [3.8, 4) is 0 Å². The van der Waals surface area contributed by atoms with Gasteiger partial charge in [-0.3, -0.25) is 4.79 Å². The van der Waals surface area contributed by atoms with Crippen LogP contribution in [0.25, 0.3) is 0 Å². The molecule has 1 heterocycles. The summed E-state index contributed by atoms with van der Waals surface area (Å²) in [6.07, 6.45) is 2.41. The third kappa shape index (κ3) is 1.86. The Morgan fingerprint density at radius 3 is 2.19 bits per heavy atom. The highest BCUT2D eigenvalue weighted by atomic mass is 16.2. The predicted molar refractivity (Wildman–Crippen MR) is 65.2 cm³/mol. The Kier molecular flexibility index (Phi) is 2.57. The van der Waals surface area contributed by atoms with Gasteiger partial charge in [-0.1, -0.05) is 20.8 Å². The first-order valence-corrected chi connectivity index (χ1v) is 6.19. The second-order valence-electron chi connectivity index (χ2n) is 6.90. The molecule has 0 radical (unpaired) electrons. The van der Waals surface area contributed by atoms with E-state index in [-0.39, 0.29) is 11.3 Å². The first-order chi connectivity index (χ1) is 7.23. The standard InChI is InChI=1S/C13H24N2O/c1-12(2,3)11(16)15(5)10-6-13(7-10)8-14(4)9-13/h10H,6-9H2,1-5H3. The van der Waals surface area contributed by atoms with Gasteiger partial charge in [-0.25, -0.2) is 0 Å². The summed E-state index contributed by atoms with van der Waals surface area (Å²) >= 11 is 0. The number of carbonyl (C=O) groups is 1. The Morgan fingerprint density at radius 1 is 1.31 bits per heavy atom. The largest absolute Gasteiger partial charge is 0.342 e. The quantitative estimate of drug-likeness (QED) is 0.675. The van der Waals surface area contributed by atoms with Gasteiger partial charge in [0.15, 0.2) is 0 Å². The van der Waals surface area contributed by atoms with E-state index in [1.54, 1.807) is 0 Å². The molecule has 0 unspecified atom stereocenters. The molecule has 0 atom stereocenters. The van der Waals surface area contributed by atoms with E-state index < -0.39 is 0 Å². The van der Waals surface area contributed by atoms with Crippen LogP contribution in [0.1, 0.15) is 33.6 Å². The van der Waals surface area contributed by atoms with Crippen LogP contribution in [0.3, 0.4) is 0 Å². The van der Waals surface area contributed by atoms with Crippen LogP contribution in [0.4, 0.5) is 0 Å². The third-order valence-corrected chi connectivity index (χ3v) is 4.06. The van der Waals surface area contributed by atoms with Crippen LogP contribution in [-0.4, -0.2) is 48.9 Å². The second kappa shape index (κ2) is 3.46. The number of nitrogens with zero attached hydrogens (tertiary/aromatic N) is 2. The average Bonchev–Trinajstić information content (AvgIpc) is 2.04. The maximum atomic E-state index is 12.1. The lowest BCUT2D eigenvalue weighted by Gasteiger charge is -2.60. The average molecular weight is 224 g/mol. The van der Waals surface area contributed by atoms with E-state index in [1.165, 1.54) is 25.9 Å². The molecule has 1 aliphatic carbocycles. The molecule has 1 amide bonds. The predicted octanol–water partition coefficient (Wildman–Crippen LogP) is 1.59. The highest BCUT2D eigenvalue weighted by molar-refractivity contribution is 5.81. The minimum Gasteiger partial charge on any atom is -0.342 e. The van der Waals surface area contributed by atoms with Crippen LogP contribution in [0.15, 0.2) is 0 Å². The zero-order valence-corrected chi connectivity index (χ0v) is 11.2. The van der Waals surface area contributed by atoms with E-state index in [9.17, 15) is 4.79 Å². The minimum atomic E-state index is -0.242. The fourth-order valence-corrected chi connectivity index (χ4v) is 3.27. The van der Waals surface area contributed by atoms with Crippen LogP contribution < -0.4 is 0 Å². The molecule has 92 valence electrons. The molecule has 0 aromatic rings. The van der Waals surface area contributed by atoms with Crippen LogP contribution in [0.5, 0.6) is 0 Å². The topological polar surface area (TPSA) is 23.6 Å². The molecule has 2 rings (SSSR count). The van der Waals surface area contributed by atoms with Crippen LogP contribution >= 0.6 is 0 Å². The maximum absolute atomic E-state index is 12.1. The monoisotopic (exact) mass is 224 g/mol. The summed E-state index contributed by atoms with van der Waals surface area (Å²) < 4.78 is 0. The van der Waals surface area contributed by atoms with Gasteiger partial charge in [-0.2, -0.15) is 0 Å². The van der Waals surface area contributed by atoms with Gasteiger partial charge in [0.1, 0.15) is 0 Å². The van der Waals surface area contributed by atoms with Crippen LogP contribution in [-0.2, 0) is 4.79 Å². The van der Waals surface area contributed by atoms with Gasteiger partial charge < -0.3 is 9.80 Å². The minimum absolute atomic E-state index is 0.242. The lowest BCUT2D eigenvalue weighted by molar-refractivity contribution is -0.151. The zero-order valence-electron chi connectivity index (χ0n) is 11.2. The van der Waals surface area contributed by atoms with Gasteiger partial charge in [-0.15, -0.1) is 0 Å². The summed E-state index contributed by atoms with van der Waals surface area (Å²) in [5.41, 5.74) is 0.319. The lowest BCUT2D eigenvalue weighted by Crippen LogP contribution is -2.66. The van der Waals surface area contributed by atoms with Crippen molar-refractivity contribution < 1.29 is 4.79 Å². The molecule has 1 aliphatic heterocycles. The number of carbonyl (C=O) groups excluding carboxylic acids is 1. The smallest absolute Gasteiger partial charge is 0.227 e. The summed E-state index contributed by atoms with van der Waals surface area (Å²) in [6.45, 7) is 8.44. The van der Waals surface area contributed by atoms with Crippen molar-refractivity contribution in [1.82, 2.24) is 9.80 Å². The molecule has 2 aliphatic rings. The Morgan fingerprint density at radius 2 is 1.81 bits per heavy atom. The van der Waals surface area contributed by atoms with E-state index in [4.69, 9.17) is 0 Å². The lowest BCUT2D eigenvalue weighted by atomic mass is 9.60. The Hall–Kier alpha value is -0.570. The molecule has 2 fully saturated rings. The molecular weight excluding hydrogens is 200 g/mol. The summed E-state index contributed by atoms with van der Waals surface area (Å²) in [5.74, 6) is 0.278. The highest BCUT2D eigenvalue weighted by Gasteiger charge is 2.53. The first kappa shape index (κ1) is 11.9. The number of hydrogen-bond acceptors (Lipinski definition) is 2. The van der Waals surface area contributed by atoms with Crippen LogP contribution in [0.2, 0.25) is 0 Å². The molecule has 0 aromatic carbocycles. The molecule has 0 bridgehead atoms. The molecule has 1 spiro atoms. The van der Waals surface area contributed by atoms with Crippen LogP contribution in [0, 0.1) is 10.8 Å². The zero-order chi connectivity index (χ0) is 12.1. The van der Waals surface area contributed by atoms with Gasteiger partial charge in [0.2, 0.25) is 5.91 Å². The number of hydrogen-bond donors (Lipinski definition) is 0. The summed E-state index contributed by atoms with van der Waals surface area (Å²) in [7, 11) is 4.14. The fourth-order valence-electron chi connectivity index (χ4n) is 3.27.